The maximum Gasteiger partial charge on any atom is 0.268 e. The molecule has 5 N–H and O–H groups in total. The summed E-state index contributed by atoms with van der Waals surface area (Å²) in [5.41, 5.74) is 7.03. The van der Waals surface area contributed by atoms with Crippen molar-refractivity contribution in [2.24, 2.45) is 5.73 Å². The minimum Gasteiger partial charge on any atom is -0.482 e. The van der Waals surface area contributed by atoms with Gasteiger partial charge in [0.15, 0.2) is 11.5 Å². The first-order chi connectivity index (χ1) is 16.4. The fraction of sp³-hybridized carbons (Fsp3) is 0.0455. The molecule has 0 bridgehead atoms. The number of anilines is 2. The van der Waals surface area contributed by atoms with Gasteiger partial charge in [-0.2, -0.15) is 0 Å². The van der Waals surface area contributed by atoms with Crippen LogP contribution in [0.3, 0.4) is 0 Å². The quantitative estimate of drug-likeness (QED) is 0.270. The van der Waals surface area contributed by atoms with E-state index >= 15 is 0 Å². The molecule has 0 radical (unpaired) electrons. The first kappa shape index (κ1) is 23.0. The third kappa shape index (κ3) is 4.63. The molecule has 0 atom stereocenters. The predicted octanol–water partition coefficient (Wildman–Crippen LogP) is 3.98. The van der Waals surface area contributed by atoms with Crippen molar-refractivity contribution < 1.29 is 9.53 Å². The molecule has 0 unspecified atom stereocenters. The average molecular weight is 497 g/mol. The maximum absolute atomic E-state index is 11.7. The molecular formula is C22H18Cl2N8O2. The van der Waals surface area contributed by atoms with E-state index in [0.29, 0.717) is 44.5 Å². The van der Waals surface area contributed by atoms with Crippen molar-refractivity contribution in [2.75, 3.05) is 17.7 Å². The number of primary amides is 1. The monoisotopic (exact) mass is 496 g/mol. The summed E-state index contributed by atoms with van der Waals surface area (Å²) in [5.74, 6) is 0.137. The molecule has 0 aliphatic rings. The van der Waals surface area contributed by atoms with E-state index in [9.17, 15) is 4.79 Å². The molecule has 172 valence electrons. The number of para-hydroxylation sites is 1. The number of hydrogen-bond acceptors (Lipinski definition) is 8. The number of carbonyl (C=O) groups is 1. The van der Waals surface area contributed by atoms with Crippen molar-refractivity contribution in [1.82, 2.24) is 19.6 Å². The van der Waals surface area contributed by atoms with Crippen molar-refractivity contribution in [1.29, 1.82) is 5.41 Å². The predicted molar refractivity (Wildman–Crippen MR) is 131 cm³/mol. The Kier molecular flexibility index (Phi) is 6.62. The number of carbonyl (C=O) groups excluding carboxylic acids is 1. The van der Waals surface area contributed by atoms with Crippen LogP contribution in [0, 0.1) is 5.41 Å². The smallest absolute Gasteiger partial charge is 0.268 e. The molecule has 4 aromatic rings. The number of fused-ring (bicyclic) bond motifs is 1. The first-order valence-electron chi connectivity index (χ1n) is 9.80. The van der Waals surface area contributed by atoms with Gasteiger partial charge >= 0.3 is 0 Å². The number of hydrogen-bond donors (Lipinski definition) is 4. The number of amides is 1. The van der Waals surface area contributed by atoms with Crippen LogP contribution in [0.1, 0.15) is 0 Å². The number of ether oxygens (including phenoxy) is 1. The SMILES string of the molecule is COc1cccc2nnc(-c3ccc(N/C(=C/Nc4c(Cl)cccc4Cl)C(=N)C(N)=O)cn3)n12. The highest BCUT2D eigenvalue weighted by molar-refractivity contribution is 6.44. The van der Waals surface area contributed by atoms with E-state index in [1.165, 1.54) is 12.4 Å². The number of benzene rings is 1. The number of methoxy groups -OCH3 is 1. The molecule has 3 heterocycles. The lowest BCUT2D eigenvalue weighted by Gasteiger charge is -2.13. The van der Waals surface area contributed by atoms with Crippen LogP contribution >= 0.6 is 23.2 Å². The number of rotatable bonds is 8. The second-order valence-corrected chi connectivity index (χ2v) is 7.70. The van der Waals surface area contributed by atoms with E-state index in [1.54, 1.807) is 54.0 Å². The van der Waals surface area contributed by atoms with Crippen LogP contribution in [0.5, 0.6) is 5.88 Å². The van der Waals surface area contributed by atoms with Crippen LogP contribution in [0.15, 0.2) is 66.6 Å². The highest BCUT2D eigenvalue weighted by atomic mass is 35.5. The van der Waals surface area contributed by atoms with Crippen molar-refractivity contribution in [3.05, 3.63) is 76.7 Å². The van der Waals surface area contributed by atoms with Gasteiger partial charge in [-0.25, -0.2) is 4.40 Å². The molecule has 0 spiro atoms. The van der Waals surface area contributed by atoms with E-state index in [2.05, 4.69) is 25.8 Å². The van der Waals surface area contributed by atoms with Crippen LogP contribution in [0.2, 0.25) is 10.0 Å². The molecule has 34 heavy (non-hydrogen) atoms. The standard InChI is InChI=1S/C22H18Cl2N8O2/c1-34-18-7-3-6-17-30-31-22(32(17)18)15-9-8-12(10-27-15)29-16(19(25)21(26)33)11-28-20-13(23)4-2-5-14(20)24/h2-11,25,28-29H,1H3,(H2,26,33)/b16-11+,25-19?. The zero-order chi connectivity index (χ0) is 24.2. The summed E-state index contributed by atoms with van der Waals surface area (Å²) in [6, 6.07) is 13.9. The highest BCUT2D eigenvalue weighted by Gasteiger charge is 2.15. The number of pyridine rings is 2. The van der Waals surface area contributed by atoms with Gasteiger partial charge in [0.05, 0.1) is 40.4 Å². The third-order valence-corrected chi connectivity index (χ3v) is 5.34. The fourth-order valence-electron chi connectivity index (χ4n) is 3.08. The van der Waals surface area contributed by atoms with Crippen molar-refractivity contribution in [3.8, 4) is 17.4 Å². The van der Waals surface area contributed by atoms with Crippen molar-refractivity contribution in [2.45, 2.75) is 0 Å². The molecule has 1 aromatic carbocycles. The summed E-state index contributed by atoms with van der Waals surface area (Å²) in [6.45, 7) is 0. The molecule has 0 saturated carbocycles. The number of nitrogens with one attached hydrogen (secondary N) is 3. The summed E-state index contributed by atoms with van der Waals surface area (Å²) < 4.78 is 7.13. The third-order valence-electron chi connectivity index (χ3n) is 4.71. The summed E-state index contributed by atoms with van der Waals surface area (Å²) in [4.78, 5) is 16.1. The normalized spacial score (nSPS) is 11.3. The molecule has 3 aromatic heterocycles. The molecule has 0 aliphatic carbocycles. The number of halogens is 2. The lowest BCUT2D eigenvalue weighted by atomic mass is 10.2. The Morgan fingerprint density at radius 3 is 2.50 bits per heavy atom. The van der Waals surface area contributed by atoms with Crippen molar-refractivity contribution in [3.63, 3.8) is 0 Å². The van der Waals surface area contributed by atoms with Gasteiger partial charge < -0.3 is 21.1 Å². The molecule has 0 aliphatic heterocycles. The molecule has 10 nitrogen and oxygen atoms in total. The van der Waals surface area contributed by atoms with Gasteiger partial charge in [0.2, 0.25) is 5.88 Å². The summed E-state index contributed by atoms with van der Waals surface area (Å²) in [5, 5.41) is 23.0. The zero-order valence-electron chi connectivity index (χ0n) is 17.7. The van der Waals surface area contributed by atoms with Gasteiger partial charge in [0.1, 0.15) is 11.4 Å². The Morgan fingerprint density at radius 2 is 1.85 bits per heavy atom. The lowest BCUT2D eigenvalue weighted by Crippen LogP contribution is -2.27. The topological polar surface area (TPSA) is 143 Å². The van der Waals surface area contributed by atoms with Gasteiger partial charge in [-0.15, -0.1) is 10.2 Å². The molecule has 4 rings (SSSR count). The minimum absolute atomic E-state index is 0.0904. The van der Waals surface area contributed by atoms with E-state index in [0.717, 1.165) is 0 Å². The Bertz CT molecular complexity index is 1400. The van der Waals surface area contributed by atoms with Crippen LogP contribution in [0.25, 0.3) is 17.2 Å². The Balaban J connectivity index is 1.62. The molecule has 0 fully saturated rings. The Morgan fingerprint density at radius 1 is 1.12 bits per heavy atom. The average Bonchev–Trinajstić information content (AvgIpc) is 3.27. The molecule has 1 amide bonds. The van der Waals surface area contributed by atoms with Crippen molar-refractivity contribution >= 4 is 51.8 Å². The zero-order valence-corrected chi connectivity index (χ0v) is 19.2. The molecule has 0 saturated heterocycles. The lowest BCUT2D eigenvalue weighted by molar-refractivity contribution is -0.112. The number of nitrogens with zero attached hydrogens (tertiary/aromatic N) is 4. The van der Waals surface area contributed by atoms with E-state index in [-0.39, 0.29) is 5.70 Å². The first-order valence-corrected chi connectivity index (χ1v) is 10.6. The fourth-order valence-corrected chi connectivity index (χ4v) is 3.58. The minimum atomic E-state index is -0.919. The van der Waals surface area contributed by atoms with Gasteiger partial charge in [0.25, 0.3) is 5.91 Å². The van der Waals surface area contributed by atoms with E-state index in [1.807, 2.05) is 6.07 Å². The van der Waals surface area contributed by atoms with E-state index < -0.39 is 11.6 Å². The van der Waals surface area contributed by atoms with Crippen LogP contribution < -0.4 is 21.1 Å². The summed E-state index contributed by atoms with van der Waals surface area (Å²) >= 11 is 12.3. The summed E-state index contributed by atoms with van der Waals surface area (Å²) in [6.07, 6.45) is 2.90. The Hall–Kier alpha value is -4.15. The number of nitrogens with two attached hydrogens (primary N) is 1. The van der Waals surface area contributed by atoms with Gasteiger partial charge in [-0.05, 0) is 36.4 Å². The molecule has 12 heteroatoms. The van der Waals surface area contributed by atoms with Crippen LogP contribution in [-0.2, 0) is 4.79 Å². The second-order valence-electron chi connectivity index (χ2n) is 6.88. The highest BCUT2D eigenvalue weighted by Crippen LogP contribution is 2.30. The summed E-state index contributed by atoms with van der Waals surface area (Å²) in [7, 11) is 1.56. The Labute approximate surface area is 203 Å². The second kappa shape index (κ2) is 9.77. The van der Waals surface area contributed by atoms with Crippen LogP contribution in [-0.4, -0.2) is 38.3 Å². The van der Waals surface area contributed by atoms with Gasteiger partial charge in [-0.1, -0.05) is 35.3 Å². The largest absolute Gasteiger partial charge is 0.482 e. The van der Waals surface area contributed by atoms with Gasteiger partial charge in [0, 0.05) is 6.20 Å². The molecular weight excluding hydrogens is 479 g/mol. The van der Waals surface area contributed by atoms with Crippen LogP contribution in [0.4, 0.5) is 11.4 Å². The van der Waals surface area contributed by atoms with E-state index in [4.69, 9.17) is 39.1 Å². The van der Waals surface area contributed by atoms with Gasteiger partial charge in [-0.3, -0.25) is 15.2 Å². The number of aromatic nitrogens is 4. The maximum atomic E-state index is 11.7.